The average Bonchev–Trinajstić information content (AvgIpc) is 2.90. The summed E-state index contributed by atoms with van der Waals surface area (Å²) in [6.07, 6.45) is 12.2. The van der Waals surface area contributed by atoms with Gasteiger partial charge in [-0.3, -0.25) is 0 Å². The van der Waals surface area contributed by atoms with E-state index in [9.17, 15) is 0 Å². The summed E-state index contributed by atoms with van der Waals surface area (Å²) < 4.78 is 36.2. The zero-order valence-electron chi connectivity index (χ0n) is 26.6. The fourth-order valence-corrected chi connectivity index (χ4v) is 15.9. The summed E-state index contributed by atoms with van der Waals surface area (Å²) >= 11 is 0. The maximum Gasteiger partial charge on any atom is 0.500 e. The molecule has 0 aromatic rings. The Morgan fingerprint density at radius 2 is 0.744 bits per heavy atom. The molecule has 0 fully saturated rings. The molecule has 0 aliphatic heterocycles. The van der Waals surface area contributed by atoms with E-state index in [4.69, 9.17) is 26.6 Å². The lowest BCUT2D eigenvalue weighted by Gasteiger charge is -2.28. The summed E-state index contributed by atoms with van der Waals surface area (Å²) in [6.45, 7) is 20.7. The minimum atomic E-state index is -2.52. The summed E-state index contributed by atoms with van der Waals surface area (Å²) in [6, 6.07) is 1.85. The van der Waals surface area contributed by atoms with Gasteiger partial charge in [0, 0.05) is 62.2 Å². The first-order valence-corrected chi connectivity index (χ1v) is 23.2. The van der Waals surface area contributed by atoms with Crippen molar-refractivity contribution in [1.82, 2.24) is 0 Å². The minimum Gasteiger partial charge on any atom is -0.374 e. The summed E-state index contributed by atoms with van der Waals surface area (Å²) in [5.74, 6) is 0. The van der Waals surface area contributed by atoms with Crippen LogP contribution in [0.5, 0.6) is 0 Å². The number of hydrogen-bond acceptors (Lipinski definition) is 9. The second-order valence-electron chi connectivity index (χ2n) is 9.54. The Hall–Kier alpha value is 1.24. The van der Waals surface area contributed by atoms with Crippen LogP contribution in [0, 0.1) is 0 Å². The zero-order valence-corrected chi connectivity index (χ0v) is 31.0. The van der Waals surface area contributed by atoms with Gasteiger partial charge in [-0.15, -0.1) is 0 Å². The van der Waals surface area contributed by atoms with Crippen molar-refractivity contribution in [3.05, 3.63) is 0 Å². The van der Waals surface area contributed by atoms with Crippen molar-refractivity contribution >= 4 is 49.0 Å². The van der Waals surface area contributed by atoms with Gasteiger partial charge in [-0.2, -0.15) is 0 Å². The molecule has 0 saturated carbocycles. The molecule has 0 heterocycles. The molecule has 0 aliphatic rings. The highest BCUT2D eigenvalue weighted by molar-refractivity contribution is 9.09. The molecule has 11 heteroatoms. The summed E-state index contributed by atoms with van der Waals surface area (Å²) in [5.41, 5.74) is 0. The van der Waals surface area contributed by atoms with Crippen molar-refractivity contribution in [1.29, 1.82) is 0 Å². The second kappa shape index (κ2) is 26.8. The van der Waals surface area contributed by atoms with Gasteiger partial charge in [0.2, 0.25) is 0 Å². The molecule has 236 valence electrons. The predicted octanol–water partition coefficient (Wildman–Crippen LogP) is 9.79. The van der Waals surface area contributed by atoms with Crippen molar-refractivity contribution in [3.8, 4) is 0 Å². The molecule has 0 aromatic carbocycles. The predicted molar refractivity (Wildman–Crippen MR) is 179 cm³/mol. The lowest BCUT2D eigenvalue weighted by molar-refractivity contribution is 0.0698. The van der Waals surface area contributed by atoms with E-state index in [-0.39, 0.29) is 0 Å². The fraction of sp³-hybridized carbons (Fsp3) is 1.00. The Balaban J connectivity index is 4.62. The third-order valence-electron chi connectivity index (χ3n) is 6.28. The lowest BCUT2D eigenvalue weighted by Crippen LogP contribution is -2.45. The van der Waals surface area contributed by atoms with E-state index in [2.05, 4.69) is 35.4 Å². The Kier molecular flexibility index (Phi) is 27.7. The molecule has 6 nitrogen and oxygen atoms in total. The van der Waals surface area contributed by atoms with Crippen LogP contribution < -0.4 is 0 Å². The van der Waals surface area contributed by atoms with Gasteiger partial charge in [-0.05, 0) is 89.9 Å². The van der Waals surface area contributed by atoms with Crippen LogP contribution in [0.1, 0.15) is 120 Å². The molecular formula is C28H62O6S3Si2. The highest BCUT2D eigenvalue weighted by Crippen LogP contribution is 2.45. The third kappa shape index (κ3) is 19.2. The molecule has 0 spiro atoms. The molecule has 0 aromatic heterocycles. The van der Waals surface area contributed by atoms with Gasteiger partial charge in [0.1, 0.15) is 0 Å². The zero-order chi connectivity index (χ0) is 29.2. The largest absolute Gasteiger partial charge is 0.500 e. The molecular weight excluding hydrogens is 585 g/mol. The number of hydrogen-bond donors (Lipinski definition) is 0. The Bertz CT molecular complexity index is 461. The van der Waals surface area contributed by atoms with Crippen molar-refractivity contribution in [2.45, 2.75) is 142 Å². The van der Waals surface area contributed by atoms with Crippen molar-refractivity contribution in [2.75, 3.05) is 39.6 Å². The summed E-state index contributed by atoms with van der Waals surface area (Å²) in [4.78, 5) is 0. The van der Waals surface area contributed by atoms with Crippen LogP contribution in [0.2, 0.25) is 12.1 Å². The summed E-state index contributed by atoms with van der Waals surface area (Å²) in [7, 11) is 1.19. The summed E-state index contributed by atoms with van der Waals surface area (Å²) in [5, 5.41) is 1.40. The van der Waals surface area contributed by atoms with Crippen LogP contribution in [0.25, 0.3) is 0 Å². The first-order chi connectivity index (χ1) is 18.9. The quantitative estimate of drug-likeness (QED) is 0.0431. The third-order valence-corrected chi connectivity index (χ3v) is 17.7. The van der Waals surface area contributed by atoms with E-state index >= 15 is 0 Å². The molecule has 0 aliphatic carbocycles. The normalized spacial score (nSPS) is 14.2. The highest BCUT2D eigenvalue weighted by atomic mass is 33.5. The minimum absolute atomic E-state index is 0.654. The molecule has 0 bridgehead atoms. The smallest absolute Gasteiger partial charge is 0.374 e. The van der Waals surface area contributed by atoms with Crippen LogP contribution in [-0.2, 0) is 26.6 Å². The van der Waals surface area contributed by atoms with Crippen molar-refractivity contribution < 1.29 is 26.6 Å². The number of unbranched alkanes of at least 4 members (excludes halogenated alkanes) is 2. The fourth-order valence-electron chi connectivity index (χ4n) is 4.69. The molecule has 2 unspecified atom stereocenters. The van der Waals surface area contributed by atoms with E-state index in [1.165, 1.54) is 51.4 Å². The molecule has 0 N–H and O–H groups in total. The van der Waals surface area contributed by atoms with E-state index < -0.39 is 17.6 Å². The molecule has 0 amide bonds. The Morgan fingerprint density at radius 3 is 1.00 bits per heavy atom. The van der Waals surface area contributed by atoms with Gasteiger partial charge in [0.05, 0.1) is 0 Å². The van der Waals surface area contributed by atoms with Gasteiger partial charge in [-0.25, -0.2) is 0 Å². The van der Waals surface area contributed by atoms with Crippen LogP contribution in [0.15, 0.2) is 0 Å². The molecule has 2 atom stereocenters. The Morgan fingerprint density at radius 1 is 0.436 bits per heavy atom. The maximum absolute atomic E-state index is 6.04. The van der Waals surface area contributed by atoms with Crippen LogP contribution in [0.4, 0.5) is 0 Å². The molecule has 0 saturated heterocycles. The topological polar surface area (TPSA) is 55.4 Å². The molecule has 0 radical (unpaired) electrons. The van der Waals surface area contributed by atoms with Gasteiger partial charge in [-0.1, -0.05) is 61.1 Å². The van der Waals surface area contributed by atoms with Crippen molar-refractivity contribution in [2.24, 2.45) is 0 Å². The maximum atomic E-state index is 6.04. The van der Waals surface area contributed by atoms with Crippen molar-refractivity contribution in [3.63, 3.8) is 0 Å². The molecule has 39 heavy (non-hydrogen) atoms. The van der Waals surface area contributed by atoms with E-state index in [1.54, 1.807) is 0 Å². The van der Waals surface area contributed by atoms with Crippen LogP contribution >= 0.6 is 31.4 Å². The SMILES string of the molecule is CCCC(CCCC[Si](OCC)(OCC)OCC)SSSC(CCC)CCCC[Si](OCC)(OCC)OCC. The van der Waals surface area contributed by atoms with E-state index in [0.717, 1.165) is 24.9 Å². The molecule has 0 rings (SSSR count). The standard InChI is InChI=1S/C28H62O6S3Si2/c1-9-21-27(23-17-19-25-38(29-11-3,30-12-4)31-13-5)35-37-36-28(22-10-2)24-18-20-26-39(32-14-6,33-15-7)34-16-8/h27-28H,9-26H2,1-8H3. The monoisotopic (exact) mass is 646 g/mol. The second-order valence-corrected chi connectivity index (χ2v) is 19.6. The van der Waals surface area contributed by atoms with E-state index in [1.807, 2.05) is 51.4 Å². The average molecular weight is 647 g/mol. The first kappa shape index (κ1) is 40.2. The van der Waals surface area contributed by atoms with Crippen LogP contribution in [0.3, 0.4) is 0 Å². The Labute approximate surface area is 256 Å². The van der Waals surface area contributed by atoms with Gasteiger partial charge in [0.25, 0.3) is 0 Å². The van der Waals surface area contributed by atoms with Gasteiger partial charge >= 0.3 is 17.6 Å². The highest BCUT2D eigenvalue weighted by Gasteiger charge is 2.40. The van der Waals surface area contributed by atoms with Crippen LogP contribution in [-0.4, -0.2) is 67.8 Å². The number of rotatable bonds is 30. The van der Waals surface area contributed by atoms with Gasteiger partial charge in [0.15, 0.2) is 0 Å². The lowest BCUT2D eigenvalue weighted by atomic mass is 10.1. The van der Waals surface area contributed by atoms with Gasteiger partial charge < -0.3 is 26.6 Å². The first-order valence-electron chi connectivity index (χ1n) is 15.8. The van der Waals surface area contributed by atoms with E-state index in [0.29, 0.717) is 50.1 Å².